The van der Waals surface area contributed by atoms with Crippen LogP contribution in [0.15, 0.2) is 54.6 Å². The van der Waals surface area contributed by atoms with Gasteiger partial charge in [-0.1, -0.05) is 48.2 Å². The van der Waals surface area contributed by atoms with Crippen molar-refractivity contribution in [1.29, 1.82) is 0 Å². The molecule has 0 aromatic heterocycles. The molecule has 100 valence electrons. The lowest BCUT2D eigenvalue weighted by molar-refractivity contribution is -0.120. The summed E-state index contributed by atoms with van der Waals surface area (Å²) < 4.78 is 13.4. The third kappa shape index (κ3) is 4.25. The van der Waals surface area contributed by atoms with Crippen molar-refractivity contribution in [3.8, 4) is 11.8 Å². The highest BCUT2D eigenvalue weighted by Crippen LogP contribution is 2.06. The molecule has 0 saturated heterocycles. The Morgan fingerprint density at radius 2 is 1.75 bits per heavy atom. The summed E-state index contributed by atoms with van der Waals surface area (Å²) in [6.07, 6.45) is 0.0275. The molecule has 0 atom stereocenters. The van der Waals surface area contributed by atoms with Gasteiger partial charge in [-0.15, -0.1) is 0 Å². The molecule has 2 aromatic carbocycles. The normalized spacial score (nSPS) is 9.45. The Morgan fingerprint density at radius 1 is 1.05 bits per heavy atom. The molecule has 2 nitrogen and oxygen atoms in total. The van der Waals surface area contributed by atoms with Crippen molar-refractivity contribution in [2.75, 3.05) is 6.54 Å². The molecular formula is C17H14FNO. The molecule has 2 rings (SSSR count). The van der Waals surface area contributed by atoms with Crippen molar-refractivity contribution in [2.45, 2.75) is 6.42 Å². The molecule has 0 saturated carbocycles. The van der Waals surface area contributed by atoms with Crippen molar-refractivity contribution in [1.82, 2.24) is 5.32 Å². The lowest BCUT2D eigenvalue weighted by Gasteiger charge is -2.02. The second-order valence-electron chi connectivity index (χ2n) is 4.21. The minimum absolute atomic E-state index is 0.0275. The van der Waals surface area contributed by atoms with Gasteiger partial charge in [-0.05, 0) is 23.8 Å². The first-order chi connectivity index (χ1) is 9.75. The summed E-state index contributed by atoms with van der Waals surface area (Å²) in [5, 5.41) is 2.65. The van der Waals surface area contributed by atoms with Crippen molar-refractivity contribution < 1.29 is 9.18 Å². The van der Waals surface area contributed by atoms with Crippen LogP contribution in [0.2, 0.25) is 0 Å². The van der Waals surface area contributed by atoms with E-state index in [1.807, 2.05) is 30.3 Å². The van der Waals surface area contributed by atoms with Crippen molar-refractivity contribution in [3.05, 3.63) is 71.5 Å². The van der Waals surface area contributed by atoms with Crippen LogP contribution < -0.4 is 5.32 Å². The summed E-state index contributed by atoms with van der Waals surface area (Å²) in [4.78, 5) is 11.6. The molecule has 0 heterocycles. The molecule has 0 aliphatic carbocycles. The molecule has 0 spiro atoms. The second kappa shape index (κ2) is 7.10. The predicted octanol–water partition coefficient (Wildman–Crippen LogP) is 2.54. The summed E-state index contributed by atoms with van der Waals surface area (Å²) in [7, 11) is 0. The fourth-order valence-electron chi connectivity index (χ4n) is 1.69. The average Bonchev–Trinajstić information content (AvgIpc) is 2.47. The van der Waals surface area contributed by atoms with Crippen molar-refractivity contribution >= 4 is 5.91 Å². The highest BCUT2D eigenvalue weighted by molar-refractivity contribution is 5.78. The van der Waals surface area contributed by atoms with E-state index in [0.29, 0.717) is 5.56 Å². The highest BCUT2D eigenvalue weighted by atomic mass is 19.1. The molecule has 20 heavy (non-hydrogen) atoms. The van der Waals surface area contributed by atoms with Crippen LogP contribution in [0.3, 0.4) is 0 Å². The zero-order valence-electron chi connectivity index (χ0n) is 10.9. The molecule has 0 aliphatic rings. The van der Waals surface area contributed by atoms with E-state index in [2.05, 4.69) is 17.2 Å². The first-order valence-corrected chi connectivity index (χ1v) is 6.30. The molecule has 1 amide bonds. The number of hydrogen-bond donors (Lipinski definition) is 1. The van der Waals surface area contributed by atoms with Gasteiger partial charge in [0, 0.05) is 5.56 Å². The highest BCUT2D eigenvalue weighted by Gasteiger charge is 2.05. The monoisotopic (exact) mass is 267 g/mol. The Labute approximate surface area is 117 Å². The number of halogens is 1. The number of benzene rings is 2. The number of nitrogens with one attached hydrogen (secondary N) is 1. The maximum atomic E-state index is 13.4. The Bertz CT molecular complexity index is 641. The summed E-state index contributed by atoms with van der Waals surface area (Å²) in [6.45, 7) is 0.252. The first-order valence-electron chi connectivity index (χ1n) is 6.30. The zero-order valence-corrected chi connectivity index (χ0v) is 10.9. The first kappa shape index (κ1) is 13.8. The lowest BCUT2D eigenvalue weighted by Crippen LogP contribution is -2.25. The number of hydrogen-bond acceptors (Lipinski definition) is 1. The maximum Gasteiger partial charge on any atom is 0.225 e. The SMILES string of the molecule is O=C(Cc1ccccc1F)NCC#Cc1ccccc1. The minimum Gasteiger partial charge on any atom is -0.345 e. The van der Waals surface area contributed by atoms with Gasteiger partial charge < -0.3 is 5.32 Å². The Morgan fingerprint density at radius 3 is 2.50 bits per heavy atom. The molecule has 0 radical (unpaired) electrons. The van der Waals surface area contributed by atoms with Crippen LogP contribution in [0.5, 0.6) is 0 Å². The van der Waals surface area contributed by atoms with E-state index in [-0.39, 0.29) is 24.7 Å². The molecule has 0 fully saturated rings. The van der Waals surface area contributed by atoms with Gasteiger partial charge in [-0.25, -0.2) is 4.39 Å². The zero-order chi connectivity index (χ0) is 14.2. The quantitative estimate of drug-likeness (QED) is 0.851. The van der Waals surface area contributed by atoms with Gasteiger partial charge in [0.05, 0.1) is 13.0 Å². The third-order valence-corrected chi connectivity index (χ3v) is 2.69. The summed E-state index contributed by atoms with van der Waals surface area (Å²) >= 11 is 0. The average molecular weight is 267 g/mol. The van der Waals surface area contributed by atoms with E-state index < -0.39 is 0 Å². The van der Waals surface area contributed by atoms with E-state index in [0.717, 1.165) is 5.56 Å². The van der Waals surface area contributed by atoms with Gasteiger partial charge in [-0.2, -0.15) is 0 Å². The van der Waals surface area contributed by atoms with E-state index >= 15 is 0 Å². The smallest absolute Gasteiger partial charge is 0.225 e. The number of carbonyl (C=O) groups excluding carboxylic acids is 1. The van der Waals surface area contributed by atoms with Gasteiger partial charge >= 0.3 is 0 Å². The van der Waals surface area contributed by atoms with Crippen LogP contribution in [-0.4, -0.2) is 12.5 Å². The second-order valence-corrected chi connectivity index (χ2v) is 4.21. The topological polar surface area (TPSA) is 29.1 Å². The Balaban J connectivity index is 1.82. The van der Waals surface area contributed by atoms with Crippen molar-refractivity contribution in [2.24, 2.45) is 0 Å². The molecule has 2 aromatic rings. The van der Waals surface area contributed by atoms with Crippen LogP contribution in [0.25, 0.3) is 0 Å². The van der Waals surface area contributed by atoms with Gasteiger partial charge in [0.1, 0.15) is 5.82 Å². The van der Waals surface area contributed by atoms with Gasteiger partial charge in [-0.3, -0.25) is 4.79 Å². The van der Waals surface area contributed by atoms with E-state index in [1.165, 1.54) is 6.07 Å². The Kier molecular flexibility index (Phi) is 4.91. The summed E-state index contributed by atoms with van der Waals surface area (Å²) in [6, 6.07) is 15.8. The molecule has 3 heteroatoms. The molecule has 0 aliphatic heterocycles. The maximum absolute atomic E-state index is 13.4. The van der Waals surface area contributed by atoms with Gasteiger partial charge in [0.2, 0.25) is 5.91 Å². The van der Waals surface area contributed by atoms with Gasteiger partial charge in [0.15, 0.2) is 0 Å². The van der Waals surface area contributed by atoms with Crippen molar-refractivity contribution in [3.63, 3.8) is 0 Å². The number of carbonyl (C=O) groups is 1. The number of rotatable bonds is 3. The van der Waals surface area contributed by atoms with E-state index in [9.17, 15) is 9.18 Å². The minimum atomic E-state index is -0.363. The fourth-order valence-corrected chi connectivity index (χ4v) is 1.69. The fraction of sp³-hybridized carbons (Fsp3) is 0.118. The lowest BCUT2D eigenvalue weighted by atomic mass is 10.1. The standard InChI is InChI=1S/C17H14FNO/c18-16-11-5-4-10-15(16)13-17(20)19-12-6-9-14-7-2-1-3-8-14/h1-5,7-8,10-11H,12-13H2,(H,19,20). The van der Waals surface area contributed by atoms with Crippen LogP contribution in [-0.2, 0) is 11.2 Å². The van der Waals surface area contributed by atoms with E-state index in [4.69, 9.17) is 0 Å². The van der Waals surface area contributed by atoms with Crippen LogP contribution in [0.1, 0.15) is 11.1 Å². The summed E-state index contributed by atoms with van der Waals surface area (Å²) in [5.41, 5.74) is 1.29. The third-order valence-electron chi connectivity index (χ3n) is 2.69. The predicted molar refractivity (Wildman–Crippen MR) is 76.4 cm³/mol. The molecule has 0 bridgehead atoms. The Hall–Kier alpha value is -2.60. The van der Waals surface area contributed by atoms with Crippen LogP contribution in [0, 0.1) is 17.7 Å². The van der Waals surface area contributed by atoms with Crippen LogP contribution >= 0.6 is 0 Å². The van der Waals surface area contributed by atoms with Gasteiger partial charge in [0.25, 0.3) is 0 Å². The largest absolute Gasteiger partial charge is 0.345 e. The molecule has 0 unspecified atom stereocenters. The molecule has 1 N–H and O–H groups in total. The summed E-state index contributed by atoms with van der Waals surface area (Å²) in [5.74, 6) is 5.19. The van der Waals surface area contributed by atoms with E-state index in [1.54, 1.807) is 18.2 Å². The number of amides is 1. The molecular weight excluding hydrogens is 253 g/mol. The van der Waals surface area contributed by atoms with Crippen LogP contribution in [0.4, 0.5) is 4.39 Å².